The van der Waals surface area contributed by atoms with E-state index in [1.165, 1.54) is 0 Å². The number of nitrogens with one attached hydrogen (secondary N) is 1. The second kappa shape index (κ2) is 7.98. The van der Waals surface area contributed by atoms with Gasteiger partial charge in [0.15, 0.2) is 0 Å². The largest absolute Gasteiger partial charge is 0.497 e. The van der Waals surface area contributed by atoms with Crippen LogP contribution in [0, 0.1) is 5.92 Å². The number of ether oxygens (including phenoxy) is 1. The highest BCUT2D eigenvalue weighted by Crippen LogP contribution is 2.27. The third-order valence-electron chi connectivity index (χ3n) is 4.30. The predicted octanol–water partition coefficient (Wildman–Crippen LogP) is 3.99. The van der Waals surface area contributed by atoms with Gasteiger partial charge in [0.05, 0.1) is 23.1 Å². The van der Waals surface area contributed by atoms with E-state index in [0.29, 0.717) is 28.8 Å². The van der Waals surface area contributed by atoms with Crippen molar-refractivity contribution in [3.63, 3.8) is 0 Å². The molecule has 0 aliphatic carbocycles. The summed E-state index contributed by atoms with van der Waals surface area (Å²) in [6.07, 6.45) is 0.198. The number of benzene rings is 2. The molecule has 136 valence electrons. The first-order valence-electron chi connectivity index (χ1n) is 8.13. The zero-order chi connectivity index (χ0) is 18.7. The molecule has 0 spiro atoms. The molecule has 2 aromatic rings. The van der Waals surface area contributed by atoms with Crippen molar-refractivity contribution >= 4 is 40.7 Å². The van der Waals surface area contributed by atoms with Crippen LogP contribution in [0.3, 0.4) is 0 Å². The zero-order valence-corrected chi connectivity index (χ0v) is 15.7. The number of hydrogen-bond acceptors (Lipinski definition) is 3. The lowest BCUT2D eigenvalue weighted by Gasteiger charge is -2.17. The van der Waals surface area contributed by atoms with Crippen molar-refractivity contribution in [2.24, 2.45) is 5.92 Å². The molecule has 7 heteroatoms. The molecule has 1 N–H and O–H groups in total. The number of methoxy groups -OCH3 is 1. The standard InChI is InChI=1S/C19H18Cl2N2O3/c1-26-15-5-2-12(3-6-15)10-23-11-13(8-18(23)24)19(25)22-14-4-7-16(20)17(21)9-14/h2-7,9,13H,8,10-11H2,1H3,(H,22,25)/t13-/m1/s1. The van der Waals surface area contributed by atoms with Crippen LogP contribution in [0.1, 0.15) is 12.0 Å². The molecule has 26 heavy (non-hydrogen) atoms. The molecule has 1 heterocycles. The average Bonchev–Trinajstić information content (AvgIpc) is 3.00. The van der Waals surface area contributed by atoms with Gasteiger partial charge in [0.25, 0.3) is 0 Å². The zero-order valence-electron chi connectivity index (χ0n) is 14.2. The summed E-state index contributed by atoms with van der Waals surface area (Å²) in [4.78, 5) is 26.4. The highest BCUT2D eigenvalue weighted by Gasteiger charge is 2.34. The molecular formula is C19H18Cl2N2O3. The van der Waals surface area contributed by atoms with E-state index in [1.54, 1.807) is 30.2 Å². The molecule has 0 unspecified atom stereocenters. The van der Waals surface area contributed by atoms with Gasteiger partial charge in [-0.05, 0) is 35.9 Å². The number of halogens is 2. The molecule has 1 aliphatic rings. The Kier molecular flexibility index (Phi) is 5.69. The van der Waals surface area contributed by atoms with Crippen molar-refractivity contribution < 1.29 is 14.3 Å². The molecule has 1 aliphatic heterocycles. The van der Waals surface area contributed by atoms with Crippen LogP contribution in [0.2, 0.25) is 10.0 Å². The first-order valence-corrected chi connectivity index (χ1v) is 8.88. The number of anilines is 1. The van der Waals surface area contributed by atoms with Gasteiger partial charge in [0, 0.05) is 25.2 Å². The number of likely N-dealkylation sites (tertiary alicyclic amines) is 1. The number of carbonyl (C=O) groups is 2. The first kappa shape index (κ1) is 18.5. The smallest absolute Gasteiger partial charge is 0.229 e. The van der Waals surface area contributed by atoms with Crippen LogP contribution >= 0.6 is 23.2 Å². The minimum absolute atomic E-state index is 0.0323. The minimum atomic E-state index is -0.393. The Morgan fingerprint density at radius 1 is 1.19 bits per heavy atom. The summed E-state index contributed by atoms with van der Waals surface area (Å²) in [6.45, 7) is 0.859. The summed E-state index contributed by atoms with van der Waals surface area (Å²) < 4.78 is 5.13. The van der Waals surface area contributed by atoms with E-state index in [9.17, 15) is 9.59 Å². The molecule has 2 amide bonds. The second-order valence-electron chi connectivity index (χ2n) is 6.14. The van der Waals surface area contributed by atoms with E-state index in [0.717, 1.165) is 11.3 Å². The minimum Gasteiger partial charge on any atom is -0.497 e. The average molecular weight is 393 g/mol. The Balaban J connectivity index is 1.60. The van der Waals surface area contributed by atoms with Gasteiger partial charge >= 0.3 is 0 Å². The molecule has 1 atom stereocenters. The summed E-state index contributed by atoms with van der Waals surface area (Å²) >= 11 is 11.8. The molecular weight excluding hydrogens is 375 g/mol. The van der Waals surface area contributed by atoms with Crippen LogP contribution in [-0.4, -0.2) is 30.4 Å². The molecule has 5 nitrogen and oxygen atoms in total. The van der Waals surface area contributed by atoms with Crippen molar-refractivity contribution in [3.05, 3.63) is 58.1 Å². The van der Waals surface area contributed by atoms with Crippen LogP contribution in [0.5, 0.6) is 5.75 Å². The molecule has 0 bridgehead atoms. The van der Waals surface area contributed by atoms with Gasteiger partial charge < -0.3 is 15.0 Å². The molecule has 0 radical (unpaired) electrons. The number of hydrogen-bond donors (Lipinski definition) is 1. The van der Waals surface area contributed by atoms with Crippen molar-refractivity contribution in [2.75, 3.05) is 19.0 Å². The van der Waals surface area contributed by atoms with Crippen molar-refractivity contribution in [1.82, 2.24) is 4.90 Å². The lowest BCUT2D eigenvalue weighted by Crippen LogP contribution is -2.28. The summed E-state index contributed by atoms with van der Waals surface area (Å²) in [7, 11) is 1.61. The maximum atomic E-state index is 12.5. The monoisotopic (exact) mass is 392 g/mol. The first-order chi connectivity index (χ1) is 12.5. The maximum Gasteiger partial charge on any atom is 0.229 e. The molecule has 3 rings (SSSR count). The molecule has 1 saturated heterocycles. The Morgan fingerprint density at radius 2 is 1.92 bits per heavy atom. The highest BCUT2D eigenvalue weighted by molar-refractivity contribution is 6.42. The van der Waals surface area contributed by atoms with E-state index < -0.39 is 5.92 Å². The molecule has 0 aromatic heterocycles. The summed E-state index contributed by atoms with van der Waals surface area (Å²) in [5, 5.41) is 3.59. The summed E-state index contributed by atoms with van der Waals surface area (Å²) in [6, 6.07) is 12.4. The number of nitrogens with zero attached hydrogens (tertiary/aromatic N) is 1. The summed E-state index contributed by atoms with van der Waals surface area (Å²) in [5.41, 5.74) is 1.55. The fourth-order valence-electron chi connectivity index (χ4n) is 2.87. The van der Waals surface area contributed by atoms with Crippen LogP contribution in [0.25, 0.3) is 0 Å². The third-order valence-corrected chi connectivity index (χ3v) is 5.04. The highest BCUT2D eigenvalue weighted by atomic mass is 35.5. The van der Waals surface area contributed by atoms with Gasteiger partial charge in [0.2, 0.25) is 11.8 Å². The topological polar surface area (TPSA) is 58.6 Å². The second-order valence-corrected chi connectivity index (χ2v) is 6.96. The molecule has 0 saturated carbocycles. The predicted molar refractivity (Wildman–Crippen MR) is 102 cm³/mol. The number of carbonyl (C=O) groups excluding carboxylic acids is 2. The van der Waals surface area contributed by atoms with Crippen molar-refractivity contribution in [3.8, 4) is 5.75 Å². The SMILES string of the molecule is COc1ccc(CN2C[C@H](C(=O)Nc3ccc(Cl)c(Cl)c3)CC2=O)cc1. The van der Waals surface area contributed by atoms with Gasteiger partial charge in [-0.3, -0.25) is 9.59 Å². The lowest BCUT2D eigenvalue weighted by molar-refractivity contribution is -0.128. The van der Waals surface area contributed by atoms with Gasteiger partial charge in [-0.2, -0.15) is 0 Å². The Hall–Kier alpha value is -2.24. The van der Waals surface area contributed by atoms with Crippen LogP contribution in [0.15, 0.2) is 42.5 Å². The van der Waals surface area contributed by atoms with Crippen LogP contribution in [-0.2, 0) is 16.1 Å². The Bertz CT molecular complexity index is 824. The van der Waals surface area contributed by atoms with E-state index in [2.05, 4.69) is 5.32 Å². The summed E-state index contributed by atoms with van der Waals surface area (Å²) in [5.74, 6) is 0.139. The fourth-order valence-corrected chi connectivity index (χ4v) is 3.17. The van der Waals surface area contributed by atoms with Crippen LogP contribution in [0.4, 0.5) is 5.69 Å². The van der Waals surface area contributed by atoms with E-state index in [1.807, 2.05) is 24.3 Å². The number of amides is 2. The van der Waals surface area contributed by atoms with Crippen molar-refractivity contribution in [1.29, 1.82) is 0 Å². The lowest BCUT2D eigenvalue weighted by atomic mass is 10.1. The van der Waals surface area contributed by atoms with E-state index in [4.69, 9.17) is 27.9 Å². The molecule has 2 aromatic carbocycles. The number of rotatable bonds is 5. The fraction of sp³-hybridized carbons (Fsp3) is 0.263. The third kappa shape index (κ3) is 4.29. The maximum absolute atomic E-state index is 12.5. The Morgan fingerprint density at radius 3 is 2.58 bits per heavy atom. The molecule has 1 fully saturated rings. The van der Waals surface area contributed by atoms with Crippen molar-refractivity contribution in [2.45, 2.75) is 13.0 Å². The van der Waals surface area contributed by atoms with Crippen LogP contribution < -0.4 is 10.1 Å². The van der Waals surface area contributed by atoms with Gasteiger partial charge in [-0.15, -0.1) is 0 Å². The van der Waals surface area contributed by atoms with Gasteiger partial charge in [-0.25, -0.2) is 0 Å². The van der Waals surface area contributed by atoms with E-state index >= 15 is 0 Å². The van der Waals surface area contributed by atoms with Gasteiger partial charge in [-0.1, -0.05) is 35.3 Å². The Labute approximate surface area is 161 Å². The van der Waals surface area contributed by atoms with E-state index in [-0.39, 0.29) is 18.2 Å². The quantitative estimate of drug-likeness (QED) is 0.836. The van der Waals surface area contributed by atoms with Gasteiger partial charge in [0.1, 0.15) is 5.75 Å². The normalized spacial score (nSPS) is 16.7.